The second kappa shape index (κ2) is 7.20. The summed E-state index contributed by atoms with van der Waals surface area (Å²) in [4.78, 5) is 29.8. The van der Waals surface area contributed by atoms with Crippen LogP contribution in [-0.4, -0.2) is 28.2 Å². The summed E-state index contributed by atoms with van der Waals surface area (Å²) in [6, 6.07) is 5.84. The van der Waals surface area contributed by atoms with Crippen molar-refractivity contribution in [3.8, 4) is 0 Å². The van der Waals surface area contributed by atoms with E-state index in [1.165, 1.54) is 23.6 Å². The second-order valence-electron chi connectivity index (χ2n) is 4.14. The molecule has 0 aliphatic carbocycles. The molecule has 1 aromatic heterocycles. The van der Waals surface area contributed by atoms with Gasteiger partial charge in [-0.25, -0.2) is 14.4 Å². The number of amides is 2. The average Bonchev–Trinajstić information content (AvgIpc) is 2.55. The molecule has 2 rings (SSSR count). The molecule has 0 aliphatic rings. The van der Waals surface area contributed by atoms with Crippen molar-refractivity contribution < 1.29 is 22.8 Å². The number of rotatable bonds is 4. The number of hydrogen-bond donors (Lipinski definition) is 3. The van der Waals surface area contributed by atoms with Crippen molar-refractivity contribution in [2.24, 2.45) is 0 Å². The molecule has 0 spiro atoms. The maximum Gasteiger partial charge on any atom is 0.317 e. The number of carbonyl (C=O) groups is 2. The highest BCUT2D eigenvalue weighted by atomic mass is 19.3. The van der Waals surface area contributed by atoms with Crippen LogP contribution in [0.2, 0.25) is 0 Å². The number of anilines is 2. The smallest absolute Gasteiger partial charge is 0.317 e. The monoisotopic (exact) mass is 325 g/mol. The molecule has 0 saturated heterocycles. The predicted molar refractivity (Wildman–Crippen MR) is 73.3 cm³/mol. The van der Waals surface area contributed by atoms with Gasteiger partial charge in [0.2, 0.25) is 5.95 Å². The molecule has 0 saturated carbocycles. The molecule has 0 atom stereocenters. The van der Waals surface area contributed by atoms with Crippen LogP contribution in [0.15, 0.2) is 36.7 Å². The molecule has 0 aliphatic heterocycles. The summed E-state index contributed by atoms with van der Waals surface area (Å²) in [5.41, 5.74) is 3.38. The van der Waals surface area contributed by atoms with Gasteiger partial charge < -0.3 is 5.32 Å². The lowest BCUT2D eigenvalue weighted by atomic mass is 10.3. The lowest BCUT2D eigenvalue weighted by Crippen LogP contribution is -2.44. The van der Waals surface area contributed by atoms with Crippen LogP contribution in [0, 0.1) is 5.82 Å². The van der Waals surface area contributed by atoms with Gasteiger partial charge in [-0.2, -0.15) is 8.78 Å². The molecule has 1 heterocycles. The van der Waals surface area contributed by atoms with Crippen molar-refractivity contribution in [1.82, 2.24) is 20.8 Å². The van der Waals surface area contributed by atoms with Crippen molar-refractivity contribution in [1.29, 1.82) is 0 Å². The first-order valence-electron chi connectivity index (χ1n) is 6.19. The summed E-state index contributed by atoms with van der Waals surface area (Å²) in [5, 5.41) is 2.61. The summed E-state index contributed by atoms with van der Waals surface area (Å²) in [7, 11) is 0. The SMILES string of the molecule is O=C(NNC(=O)C(F)F)c1cnc(Nc2ccccc2F)nc1. The van der Waals surface area contributed by atoms with Gasteiger partial charge in [-0.05, 0) is 12.1 Å². The lowest BCUT2D eigenvalue weighted by molar-refractivity contribution is -0.132. The molecule has 3 N–H and O–H groups in total. The number of carbonyl (C=O) groups excluding carboxylic acids is 2. The number of para-hydroxylation sites is 1. The van der Waals surface area contributed by atoms with E-state index in [0.29, 0.717) is 0 Å². The number of benzene rings is 1. The van der Waals surface area contributed by atoms with Crippen LogP contribution in [-0.2, 0) is 4.79 Å². The quantitative estimate of drug-likeness (QED) is 0.738. The van der Waals surface area contributed by atoms with E-state index < -0.39 is 24.1 Å². The number of alkyl halides is 2. The molecule has 0 bridgehead atoms. The summed E-state index contributed by atoms with van der Waals surface area (Å²) < 4.78 is 37.3. The largest absolute Gasteiger partial charge is 0.322 e. The van der Waals surface area contributed by atoms with E-state index in [-0.39, 0.29) is 17.2 Å². The molecule has 23 heavy (non-hydrogen) atoms. The number of hydrogen-bond acceptors (Lipinski definition) is 5. The van der Waals surface area contributed by atoms with Gasteiger partial charge in [-0.1, -0.05) is 12.1 Å². The summed E-state index contributed by atoms with van der Waals surface area (Å²) in [6.45, 7) is 0. The van der Waals surface area contributed by atoms with Crippen LogP contribution >= 0.6 is 0 Å². The Hall–Kier alpha value is -3.17. The Kier molecular flexibility index (Phi) is 5.07. The first-order chi connectivity index (χ1) is 11.0. The third-order valence-corrected chi connectivity index (χ3v) is 2.53. The molecular weight excluding hydrogens is 315 g/mol. The highest BCUT2D eigenvalue weighted by Crippen LogP contribution is 2.16. The molecular formula is C13H10F3N5O2. The van der Waals surface area contributed by atoms with Crippen molar-refractivity contribution in [3.05, 3.63) is 48.0 Å². The molecule has 2 aromatic rings. The average molecular weight is 325 g/mol. The molecule has 10 heteroatoms. The van der Waals surface area contributed by atoms with E-state index in [9.17, 15) is 22.8 Å². The highest BCUT2D eigenvalue weighted by molar-refractivity contribution is 5.95. The molecule has 2 amide bonds. The van der Waals surface area contributed by atoms with Gasteiger partial charge in [0.15, 0.2) is 0 Å². The van der Waals surface area contributed by atoms with Gasteiger partial charge in [-0.3, -0.25) is 20.4 Å². The molecule has 0 unspecified atom stereocenters. The Labute approximate surface area is 127 Å². The summed E-state index contributed by atoms with van der Waals surface area (Å²) >= 11 is 0. The molecule has 0 radical (unpaired) electrons. The second-order valence-corrected chi connectivity index (χ2v) is 4.14. The van der Waals surface area contributed by atoms with Gasteiger partial charge in [0.25, 0.3) is 5.91 Å². The normalized spacial score (nSPS) is 10.3. The maximum absolute atomic E-state index is 13.4. The molecule has 120 valence electrons. The predicted octanol–water partition coefficient (Wildman–Crippen LogP) is 1.39. The highest BCUT2D eigenvalue weighted by Gasteiger charge is 2.16. The first kappa shape index (κ1) is 16.2. The fraction of sp³-hybridized carbons (Fsp3) is 0.0769. The van der Waals surface area contributed by atoms with Crippen molar-refractivity contribution in [2.45, 2.75) is 6.43 Å². The molecule has 7 nitrogen and oxygen atoms in total. The standard InChI is InChI=1S/C13H10F3N5O2/c14-8-3-1-2-4-9(8)19-13-17-5-7(6-18-13)11(22)20-21-12(23)10(15)16/h1-6,10H,(H,20,22)(H,21,23)(H,17,18,19). The third kappa shape index (κ3) is 4.40. The van der Waals surface area contributed by atoms with Gasteiger partial charge in [0.1, 0.15) is 5.82 Å². The number of aromatic nitrogens is 2. The minimum absolute atomic E-state index is 0.0308. The van der Waals surface area contributed by atoms with Crippen LogP contribution in [0.25, 0.3) is 0 Å². The van der Waals surface area contributed by atoms with Crippen molar-refractivity contribution >= 4 is 23.5 Å². The Morgan fingerprint density at radius 3 is 2.30 bits per heavy atom. The zero-order valence-electron chi connectivity index (χ0n) is 11.4. The zero-order valence-corrected chi connectivity index (χ0v) is 11.4. The van der Waals surface area contributed by atoms with Crippen LogP contribution in [0.1, 0.15) is 10.4 Å². The van der Waals surface area contributed by atoms with E-state index in [0.717, 1.165) is 12.4 Å². The Bertz CT molecular complexity index is 709. The van der Waals surface area contributed by atoms with Crippen LogP contribution in [0.5, 0.6) is 0 Å². The Balaban J connectivity index is 1.98. The number of hydrazine groups is 1. The van der Waals surface area contributed by atoms with E-state index in [1.54, 1.807) is 11.5 Å². The topological polar surface area (TPSA) is 96.0 Å². The van der Waals surface area contributed by atoms with Crippen molar-refractivity contribution in [3.63, 3.8) is 0 Å². The zero-order chi connectivity index (χ0) is 16.8. The van der Waals surface area contributed by atoms with Gasteiger partial charge in [0.05, 0.1) is 11.3 Å². The van der Waals surface area contributed by atoms with Crippen LogP contribution in [0.3, 0.4) is 0 Å². The van der Waals surface area contributed by atoms with E-state index in [4.69, 9.17) is 0 Å². The summed E-state index contributed by atoms with van der Waals surface area (Å²) in [5.74, 6) is -3.00. The van der Waals surface area contributed by atoms with Crippen LogP contribution in [0.4, 0.5) is 24.8 Å². The fourth-order valence-electron chi connectivity index (χ4n) is 1.44. The maximum atomic E-state index is 13.4. The minimum atomic E-state index is -3.25. The molecule has 0 fully saturated rings. The van der Waals surface area contributed by atoms with Crippen LogP contribution < -0.4 is 16.2 Å². The molecule has 1 aromatic carbocycles. The lowest BCUT2D eigenvalue weighted by Gasteiger charge is -2.08. The Morgan fingerprint density at radius 1 is 1.04 bits per heavy atom. The minimum Gasteiger partial charge on any atom is -0.322 e. The van der Waals surface area contributed by atoms with E-state index in [1.807, 2.05) is 0 Å². The summed E-state index contributed by atoms with van der Waals surface area (Å²) in [6.07, 6.45) is -1.08. The van der Waals surface area contributed by atoms with E-state index >= 15 is 0 Å². The van der Waals surface area contributed by atoms with Gasteiger partial charge in [0, 0.05) is 12.4 Å². The number of nitrogens with one attached hydrogen (secondary N) is 3. The third-order valence-electron chi connectivity index (χ3n) is 2.53. The Morgan fingerprint density at radius 2 is 1.70 bits per heavy atom. The fourth-order valence-corrected chi connectivity index (χ4v) is 1.44. The first-order valence-corrected chi connectivity index (χ1v) is 6.19. The number of nitrogens with zero attached hydrogens (tertiary/aromatic N) is 2. The van der Waals surface area contributed by atoms with Gasteiger partial charge >= 0.3 is 12.3 Å². The van der Waals surface area contributed by atoms with E-state index in [2.05, 4.69) is 15.3 Å². The number of halogens is 3. The van der Waals surface area contributed by atoms with Gasteiger partial charge in [-0.15, -0.1) is 0 Å². The van der Waals surface area contributed by atoms with Crippen molar-refractivity contribution in [2.75, 3.05) is 5.32 Å².